The van der Waals surface area contributed by atoms with Crippen LogP contribution in [-0.4, -0.2) is 4.98 Å². The lowest BCUT2D eigenvalue weighted by molar-refractivity contribution is -0.137. The Kier molecular flexibility index (Phi) is 2.00. The Balaban J connectivity index is 2.96. The van der Waals surface area contributed by atoms with E-state index in [9.17, 15) is 13.2 Å². The molecule has 0 amide bonds. The summed E-state index contributed by atoms with van der Waals surface area (Å²) >= 11 is 3.40. The molecule has 0 atom stereocenters. The summed E-state index contributed by atoms with van der Waals surface area (Å²) in [4.78, 5) is 3.19. The van der Waals surface area contributed by atoms with E-state index in [2.05, 4.69) is 20.9 Å². The van der Waals surface area contributed by atoms with Gasteiger partial charge in [-0.1, -0.05) is 0 Å². The molecule has 10 heavy (non-hydrogen) atoms. The van der Waals surface area contributed by atoms with Gasteiger partial charge in [0.15, 0.2) is 5.01 Å². The summed E-state index contributed by atoms with van der Waals surface area (Å²) in [5, 5.41) is 0.474. The third-order valence-corrected chi connectivity index (χ3v) is 2.32. The molecule has 0 unspecified atom stereocenters. The second kappa shape index (κ2) is 2.50. The summed E-state index contributed by atoms with van der Waals surface area (Å²) in [7, 11) is 0. The van der Waals surface area contributed by atoms with Crippen LogP contribution in [0.2, 0.25) is 0 Å². The van der Waals surface area contributed by atoms with E-state index in [1.165, 1.54) is 5.38 Å². The van der Waals surface area contributed by atoms with Crippen LogP contribution in [0, 0.1) is 0 Å². The van der Waals surface area contributed by atoms with Crippen LogP contribution in [0.5, 0.6) is 0 Å². The third kappa shape index (κ3) is 1.69. The minimum Gasteiger partial charge on any atom is -0.225 e. The lowest BCUT2D eigenvalue weighted by Crippen LogP contribution is -2.03. The fraction of sp³-hybridized carbons (Fsp3) is 0.250. The predicted molar refractivity (Wildman–Crippen MR) is 34.8 cm³/mol. The summed E-state index contributed by atoms with van der Waals surface area (Å²) in [6, 6.07) is 0. The molecule has 0 aromatic carbocycles. The molecule has 0 radical (unpaired) electrons. The van der Waals surface area contributed by atoms with Crippen molar-refractivity contribution in [1.29, 1.82) is 0 Å². The summed E-state index contributed by atoms with van der Waals surface area (Å²) in [6.07, 6.45) is -4.31. The number of aromatic nitrogens is 1. The number of hydrogen-bond acceptors (Lipinski definition) is 2. The number of halogens is 4. The lowest BCUT2D eigenvalue weighted by atomic mass is 10.7. The second-order valence-electron chi connectivity index (χ2n) is 1.47. The Labute approximate surface area is 67.0 Å². The van der Waals surface area contributed by atoms with Crippen LogP contribution in [0.25, 0.3) is 0 Å². The zero-order valence-electron chi connectivity index (χ0n) is 4.44. The minimum atomic E-state index is -4.31. The quantitative estimate of drug-likeness (QED) is 0.670. The maximum absolute atomic E-state index is 11.7. The van der Waals surface area contributed by atoms with Gasteiger partial charge in [0.25, 0.3) is 0 Å². The Morgan fingerprint density at radius 2 is 2.10 bits per heavy atom. The number of rotatable bonds is 0. The Bertz CT molecular complexity index is 231. The minimum absolute atomic E-state index is 0.227. The Morgan fingerprint density at radius 3 is 2.30 bits per heavy atom. The van der Waals surface area contributed by atoms with Crippen molar-refractivity contribution in [1.82, 2.24) is 4.98 Å². The van der Waals surface area contributed by atoms with Crippen LogP contribution in [0.3, 0.4) is 0 Å². The number of alkyl halides is 3. The van der Waals surface area contributed by atoms with Crippen molar-refractivity contribution < 1.29 is 13.2 Å². The van der Waals surface area contributed by atoms with Crippen molar-refractivity contribution >= 4 is 27.3 Å². The van der Waals surface area contributed by atoms with Gasteiger partial charge < -0.3 is 0 Å². The molecule has 56 valence electrons. The van der Waals surface area contributed by atoms with Gasteiger partial charge in [-0.05, 0) is 15.9 Å². The van der Waals surface area contributed by atoms with Gasteiger partial charge in [0, 0.05) is 5.38 Å². The first-order valence-electron chi connectivity index (χ1n) is 2.18. The molecule has 0 aliphatic heterocycles. The van der Waals surface area contributed by atoms with Crippen LogP contribution in [0.4, 0.5) is 13.2 Å². The first kappa shape index (κ1) is 8.00. The molecular weight excluding hydrogens is 231 g/mol. The van der Waals surface area contributed by atoms with E-state index in [0.717, 1.165) is 0 Å². The van der Waals surface area contributed by atoms with E-state index in [1.807, 2.05) is 0 Å². The van der Waals surface area contributed by atoms with Crippen molar-refractivity contribution in [2.45, 2.75) is 6.18 Å². The summed E-state index contributed by atoms with van der Waals surface area (Å²) in [5.74, 6) is 0. The monoisotopic (exact) mass is 231 g/mol. The van der Waals surface area contributed by atoms with Crippen LogP contribution in [-0.2, 0) is 6.18 Å². The SMILES string of the molecule is FC(F)(F)c1nc(Br)cs1. The van der Waals surface area contributed by atoms with E-state index in [-0.39, 0.29) is 4.60 Å². The average Bonchev–Trinajstić information content (AvgIpc) is 2.11. The Morgan fingerprint density at radius 1 is 1.50 bits per heavy atom. The van der Waals surface area contributed by atoms with E-state index in [0.29, 0.717) is 11.3 Å². The van der Waals surface area contributed by atoms with E-state index >= 15 is 0 Å². The van der Waals surface area contributed by atoms with Gasteiger partial charge in [-0.25, -0.2) is 4.98 Å². The standard InChI is InChI=1S/C4HBrF3NS/c5-2-1-10-3(9-2)4(6,7)8/h1H. The number of hydrogen-bond donors (Lipinski definition) is 0. The van der Waals surface area contributed by atoms with Gasteiger partial charge in [0.2, 0.25) is 0 Å². The van der Waals surface area contributed by atoms with Crippen LogP contribution < -0.4 is 0 Å². The van der Waals surface area contributed by atoms with Gasteiger partial charge >= 0.3 is 6.18 Å². The molecule has 1 aromatic rings. The maximum atomic E-state index is 11.7. The fourth-order valence-corrected chi connectivity index (χ4v) is 1.51. The van der Waals surface area contributed by atoms with Gasteiger partial charge in [0.1, 0.15) is 4.60 Å². The van der Waals surface area contributed by atoms with Gasteiger partial charge in [0.05, 0.1) is 0 Å². The molecule has 6 heteroatoms. The molecule has 1 rings (SSSR count). The van der Waals surface area contributed by atoms with Crippen LogP contribution in [0.1, 0.15) is 5.01 Å². The molecule has 0 bridgehead atoms. The highest BCUT2D eigenvalue weighted by Crippen LogP contribution is 2.32. The second-order valence-corrected chi connectivity index (χ2v) is 3.14. The molecule has 0 saturated heterocycles. The van der Waals surface area contributed by atoms with Crippen molar-refractivity contribution in [2.75, 3.05) is 0 Å². The van der Waals surface area contributed by atoms with E-state index < -0.39 is 11.2 Å². The number of thiazole rings is 1. The number of nitrogens with zero attached hydrogens (tertiary/aromatic N) is 1. The molecule has 1 heterocycles. The first-order valence-corrected chi connectivity index (χ1v) is 3.85. The van der Waals surface area contributed by atoms with Crippen molar-refractivity contribution in [3.63, 3.8) is 0 Å². The van der Waals surface area contributed by atoms with Gasteiger partial charge in [-0.2, -0.15) is 13.2 Å². The van der Waals surface area contributed by atoms with Gasteiger partial charge in [-0.15, -0.1) is 11.3 Å². The van der Waals surface area contributed by atoms with Crippen molar-refractivity contribution in [2.24, 2.45) is 0 Å². The third-order valence-electron chi connectivity index (χ3n) is 0.719. The molecule has 0 spiro atoms. The molecule has 1 nitrogen and oxygen atoms in total. The largest absolute Gasteiger partial charge is 0.443 e. The van der Waals surface area contributed by atoms with E-state index in [4.69, 9.17) is 0 Å². The van der Waals surface area contributed by atoms with Gasteiger partial charge in [-0.3, -0.25) is 0 Å². The van der Waals surface area contributed by atoms with Crippen molar-refractivity contribution in [3.05, 3.63) is 15.0 Å². The molecule has 0 aliphatic carbocycles. The van der Waals surface area contributed by atoms with Crippen molar-refractivity contribution in [3.8, 4) is 0 Å². The highest BCUT2D eigenvalue weighted by Gasteiger charge is 2.34. The zero-order chi connectivity index (χ0) is 7.78. The maximum Gasteiger partial charge on any atom is 0.443 e. The fourth-order valence-electron chi connectivity index (χ4n) is 0.384. The van der Waals surface area contributed by atoms with Crippen LogP contribution >= 0.6 is 27.3 Å². The first-order chi connectivity index (χ1) is 4.50. The Hall–Kier alpha value is -0.100. The highest BCUT2D eigenvalue weighted by molar-refractivity contribution is 9.10. The predicted octanol–water partition coefficient (Wildman–Crippen LogP) is 2.92. The molecule has 0 aliphatic rings. The normalized spacial score (nSPS) is 12.0. The average molecular weight is 232 g/mol. The van der Waals surface area contributed by atoms with E-state index in [1.54, 1.807) is 0 Å². The lowest BCUT2D eigenvalue weighted by Gasteiger charge is -1.98. The van der Waals surface area contributed by atoms with Crippen LogP contribution in [0.15, 0.2) is 9.98 Å². The summed E-state index contributed by atoms with van der Waals surface area (Å²) in [6.45, 7) is 0. The molecular formula is C4HBrF3NS. The zero-order valence-corrected chi connectivity index (χ0v) is 6.85. The summed E-state index contributed by atoms with van der Waals surface area (Å²) in [5.41, 5.74) is 0. The molecule has 0 N–H and O–H groups in total. The molecule has 1 aromatic heterocycles. The summed E-state index contributed by atoms with van der Waals surface area (Å²) < 4.78 is 35.4. The molecule has 0 saturated carbocycles. The molecule has 0 fully saturated rings. The highest BCUT2D eigenvalue weighted by atomic mass is 79.9. The smallest absolute Gasteiger partial charge is 0.225 e. The topological polar surface area (TPSA) is 12.9 Å².